The third-order valence-corrected chi connectivity index (χ3v) is 2.18. The minimum atomic E-state index is 0.288. The average molecular weight is 177 g/mol. The van der Waals surface area contributed by atoms with Crippen LogP contribution in [0.5, 0.6) is 0 Å². The molecule has 0 aromatic heterocycles. The van der Waals surface area contributed by atoms with Gasteiger partial charge in [0, 0.05) is 0 Å². The largest absolute Gasteiger partial charge is 0.348 e. The lowest BCUT2D eigenvalue weighted by molar-refractivity contribution is -0.0753. The Morgan fingerprint density at radius 2 is 2.08 bits per heavy atom. The van der Waals surface area contributed by atoms with Crippen molar-refractivity contribution in [2.24, 2.45) is 0 Å². The molecule has 0 aliphatic carbocycles. The number of hydrogen-bond acceptors (Lipinski definition) is 2. The van der Waals surface area contributed by atoms with Gasteiger partial charge in [-0.3, -0.25) is 0 Å². The van der Waals surface area contributed by atoms with E-state index in [0.29, 0.717) is 0 Å². The first kappa shape index (κ1) is 8.73. The third kappa shape index (κ3) is 2.54. The molecule has 0 spiro atoms. The maximum atomic E-state index is 5.33. The highest BCUT2D eigenvalue weighted by Crippen LogP contribution is 2.14. The van der Waals surface area contributed by atoms with Crippen molar-refractivity contribution in [2.45, 2.75) is 18.9 Å². The van der Waals surface area contributed by atoms with Crippen molar-refractivity contribution in [1.82, 2.24) is 0 Å². The molecular formula is C11H13O2. The summed E-state index contributed by atoms with van der Waals surface area (Å²) in [5, 5.41) is 0. The molecule has 1 radical (unpaired) electrons. The third-order valence-electron chi connectivity index (χ3n) is 2.18. The molecule has 1 aromatic rings. The number of ether oxygens (including phenoxy) is 2. The average Bonchev–Trinajstić information content (AvgIpc) is 2.21. The van der Waals surface area contributed by atoms with E-state index in [0.717, 1.165) is 19.4 Å². The van der Waals surface area contributed by atoms with E-state index >= 15 is 0 Å². The van der Waals surface area contributed by atoms with Crippen LogP contribution in [-0.2, 0) is 15.9 Å². The summed E-state index contributed by atoms with van der Waals surface area (Å²) in [6.45, 7) is 2.23. The molecule has 2 nitrogen and oxygen atoms in total. The van der Waals surface area contributed by atoms with Crippen molar-refractivity contribution in [3.63, 3.8) is 0 Å². The zero-order chi connectivity index (χ0) is 8.93. The summed E-state index contributed by atoms with van der Waals surface area (Å²) >= 11 is 0. The molecule has 0 N–H and O–H groups in total. The molecule has 1 aliphatic rings. The normalized spacial score (nSPS) is 22.9. The highest BCUT2D eigenvalue weighted by atomic mass is 16.7. The molecule has 13 heavy (non-hydrogen) atoms. The number of benzene rings is 1. The van der Waals surface area contributed by atoms with Gasteiger partial charge in [0.05, 0.1) is 12.7 Å². The molecule has 2 heteroatoms. The molecule has 0 bridgehead atoms. The second-order valence-corrected chi connectivity index (χ2v) is 3.20. The van der Waals surface area contributed by atoms with Gasteiger partial charge in [0.1, 0.15) is 0 Å². The molecule has 1 unspecified atom stereocenters. The predicted molar refractivity (Wildman–Crippen MR) is 49.9 cm³/mol. The van der Waals surface area contributed by atoms with Crippen LogP contribution in [0.3, 0.4) is 0 Å². The Hall–Kier alpha value is -0.860. The molecule has 1 aromatic carbocycles. The van der Waals surface area contributed by atoms with Crippen LogP contribution in [0.25, 0.3) is 0 Å². The van der Waals surface area contributed by atoms with E-state index in [1.165, 1.54) is 12.4 Å². The summed E-state index contributed by atoms with van der Waals surface area (Å²) in [7, 11) is 0. The van der Waals surface area contributed by atoms with Crippen molar-refractivity contribution < 1.29 is 9.47 Å². The monoisotopic (exact) mass is 177 g/mol. The first-order valence-corrected chi connectivity index (χ1v) is 4.58. The van der Waals surface area contributed by atoms with E-state index in [1.54, 1.807) is 0 Å². The van der Waals surface area contributed by atoms with Gasteiger partial charge >= 0.3 is 0 Å². The van der Waals surface area contributed by atoms with Crippen LogP contribution in [-0.4, -0.2) is 12.7 Å². The van der Waals surface area contributed by atoms with Crippen LogP contribution in [0.15, 0.2) is 30.3 Å². The summed E-state index contributed by atoms with van der Waals surface area (Å²) in [6.07, 6.45) is 2.24. The Morgan fingerprint density at radius 3 is 2.77 bits per heavy atom. The minimum Gasteiger partial charge on any atom is -0.348 e. The van der Waals surface area contributed by atoms with Crippen molar-refractivity contribution in [3.05, 3.63) is 42.7 Å². The van der Waals surface area contributed by atoms with Crippen molar-refractivity contribution >= 4 is 0 Å². The van der Waals surface area contributed by atoms with Gasteiger partial charge in [-0.15, -0.1) is 0 Å². The van der Waals surface area contributed by atoms with Gasteiger partial charge in [0.15, 0.2) is 0 Å². The Labute approximate surface area is 78.5 Å². The van der Waals surface area contributed by atoms with Gasteiger partial charge < -0.3 is 9.47 Å². The summed E-state index contributed by atoms with van der Waals surface area (Å²) in [6, 6.07) is 10.4. The van der Waals surface area contributed by atoms with E-state index in [2.05, 4.69) is 24.3 Å². The van der Waals surface area contributed by atoms with Gasteiger partial charge in [0.2, 0.25) is 6.79 Å². The first-order valence-electron chi connectivity index (χ1n) is 4.58. The highest BCUT2D eigenvalue weighted by Gasteiger charge is 2.14. The second-order valence-electron chi connectivity index (χ2n) is 3.20. The van der Waals surface area contributed by atoms with Crippen molar-refractivity contribution in [2.75, 3.05) is 6.61 Å². The van der Waals surface area contributed by atoms with Crippen LogP contribution < -0.4 is 0 Å². The second kappa shape index (κ2) is 4.40. The smallest absolute Gasteiger partial charge is 0.209 e. The first-order chi connectivity index (χ1) is 6.45. The lowest BCUT2D eigenvalue weighted by atomic mass is 10.1. The van der Waals surface area contributed by atoms with E-state index in [-0.39, 0.29) is 6.10 Å². The topological polar surface area (TPSA) is 18.5 Å². The molecule has 1 aliphatic heterocycles. The Kier molecular flexibility index (Phi) is 2.95. The Bertz CT molecular complexity index is 240. The molecule has 0 saturated carbocycles. The quantitative estimate of drug-likeness (QED) is 0.689. The zero-order valence-corrected chi connectivity index (χ0v) is 7.48. The number of rotatable bonds is 2. The maximum absolute atomic E-state index is 5.33. The SMILES string of the molecule is [CH]1OCCC(Cc2ccccc2)O1. The molecular weight excluding hydrogens is 164 g/mol. The van der Waals surface area contributed by atoms with E-state index in [4.69, 9.17) is 9.47 Å². The highest BCUT2D eigenvalue weighted by molar-refractivity contribution is 5.15. The lowest BCUT2D eigenvalue weighted by Crippen LogP contribution is -2.22. The summed E-state index contributed by atoms with van der Waals surface area (Å²) in [5.74, 6) is 0. The van der Waals surface area contributed by atoms with Crippen LogP contribution in [0, 0.1) is 6.79 Å². The van der Waals surface area contributed by atoms with Crippen molar-refractivity contribution in [1.29, 1.82) is 0 Å². The van der Waals surface area contributed by atoms with E-state index in [1.807, 2.05) is 6.07 Å². The fraction of sp³-hybridized carbons (Fsp3) is 0.364. The lowest BCUT2D eigenvalue weighted by Gasteiger charge is -2.21. The van der Waals surface area contributed by atoms with Crippen LogP contribution in [0.2, 0.25) is 0 Å². The van der Waals surface area contributed by atoms with E-state index in [9.17, 15) is 0 Å². The van der Waals surface area contributed by atoms with Crippen LogP contribution >= 0.6 is 0 Å². The van der Waals surface area contributed by atoms with Gasteiger partial charge in [0.25, 0.3) is 0 Å². The number of hydrogen-bond donors (Lipinski definition) is 0. The van der Waals surface area contributed by atoms with Gasteiger partial charge in [-0.25, -0.2) is 0 Å². The summed E-state index contributed by atoms with van der Waals surface area (Å²) in [4.78, 5) is 0. The summed E-state index contributed by atoms with van der Waals surface area (Å²) in [5.41, 5.74) is 1.32. The predicted octanol–water partition coefficient (Wildman–Crippen LogP) is 2.15. The molecule has 0 amide bonds. The molecule has 1 saturated heterocycles. The fourth-order valence-corrected chi connectivity index (χ4v) is 1.46. The molecule has 2 rings (SSSR count). The van der Waals surface area contributed by atoms with Gasteiger partial charge in [-0.2, -0.15) is 0 Å². The van der Waals surface area contributed by atoms with Gasteiger partial charge in [-0.05, 0) is 18.4 Å². The molecule has 1 heterocycles. The maximum Gasteiger partial charge on any atom is 0.209 e. The molecule has 1 atom stereocenters. The fourth-order valence-electron chi connectivity index (χ4n) is 1.46. The van der Waals surface area contributed by atoms with Crippen LogP contribution in [0.4, 0.5) is 0 Å². The zero-order valence-electron chi connectivity index (χ0n) is 7.48. The van der Waals surface area contributed by atoms with Gasteiger partial charge in [-0.1, -0.05) is 30.3 Å². The van der Waals surface area contributed by atoms with Crippen LogP contribution in [0.1, 0.15) is 12.0 Å². The minimum absolute atomic E-state index is 0.288. The standard InChI is InChI=1S/C11H13O2/c1-2-4-10(5-3-1)8-11-6-7-12-9-13-11/h1-5,9,11H,6-8H2. The molecule has 69 valence electrons. The Morgan fingerprint density at radius 1 is 1.23 bits per heavy atom. The van der Waals surface area contributed by atoms with E-state index < -0.39 is 0 Å². The molecule has 1 fully saturated rings. The Balaban J connectivity index is 1.90. The summed E-state index contributed by atoms with van der Waals surface area (Å²) < 4.78 is 10.3. The van der Waals surface area contributed by atoms with Crippen molar-refractivity contribution in [3.8, 4) is 0 Å².